The minimum absolute atomic E-state index is 0.0630. The molecule has 0 radical (unpaired) electrons. The smallest absolute Gasteiger partial charge is 0.241 e. The van der Waals surface area contributed by atoms with E-state index in [1.54, 1.807) is 20.0 Å². The Kier molecular flexibility index (Phi) is 3.07. The molecule has 0 bridgehead atoms. The van der Waals surface area contributed by atoms with Gasteiger partial charge in [-0.1, -0.05) is 0 Å². The zero-order valence-corrected chi connectivity index (χ0v) is 8.31. The second kappa shape index (κ2) is 4.08. The third-order valence-electron chi connectivity index (χ3n) is 1.53. The minimum Gasteiger partial charge on any atom is -0.383 e. The Morgan fingerprint density at radius 2 is 2.46 bits per heavy atom. The molecule has 72 valence electrons. The van der Waals surface area contributed by atoms with Gasteiger partial charge in [0.2, 0.25) is 5.91 Å². The van der Waals surface area contributed by atoms with Crippen LogP contribution in [0.2, 0.25) is 0 Å². The summed E-state index contributed by atoms with van der Waals surface area (Å²) in [5, 5.41) is 6.32. The standard InChI is InChI=1S/C7H12N4OS/c1-4(7(12)9-2)10-6-3-5(8)11-13-6/h3-4,10H,1-2H3,(H2,8,11)(H,9,12). The lowest BCUT2D eigenvalue weighted by atomic mass is 10.3. The van der Waals surface area contributed by atoms with Crippen LogP contribution in [0.1, 0.15) is 6.92 Å². The van der Waals surface area contributed by atoms with Crippen LogP contribution in [0.25, 0.3) is 0 Å². The molecule has 4 N–H and O–H groups in total. The summed E-state index contributed by atoms with van der Waals surface area (Å²) in [7, 11) is 1.60. The van der Waals surface area contributed by atoms with Gasteiger partial charge in [0, 0.05) is 13.1 Å². The van der Waals surface area contributed by atoms with E-state index >= 15 is 0 Å². The fraction of sp³-hybridized carbons (Fsp3) is 0.429. The second-order valence-electron chi connectivity index (χ2n) is 2.60. The van der Waals surface area contributed by atoms with Crippen LogP contribution in [0.4, 0.5) is 10.8 Å². The lowest BCUT2D eigenvalue weighted by Crippen LogP contribution is -2.34. The number of nitrogen functional groups attached to an aromatic ring is 1. The van der Waals surface area contributed by atoms with Gasteiger partial charge < -0.3 is 16.4 Å². The van der Waals surface area contributed by atoms with Crippen molar-refractivity contribution in [3.8, 4) is 0 Å². The van der Waals surface area contributed by atoms with Gasteiger partial charge in [0.15, 0.2) is 0 Å². The van der Waals surface area contributed by atoms with Gasteiger partial charge >= 0.3 is 0 Å². The van der Waals surface area contributed by atoms with Gasteiger partial charge in [-0.2, -0.15) is 4.37 Å². The first-order valence-corrected chi connectivity index (χ1v) is 4.61. The molecule has 1 atom stereocenters. The Hall–Kier alpha value is -1.30. The van der Waals surface area contributed by atoms with Crippen LogP contribution in [-0.2, 0) is 4.79 Å². The number of hydrogen-bond acceptors (Lipinski definition) is 5. The summed E-state index contributed by atoms with van der Waals surface area (Å²) in [5.41, 5.74) is 5.42. The van der Waals surface area contributed by atoms with E-state index in [-0.39, 0.29) is 11.9 Å². The molecule has 0 aliphatic heterocycles. The first kappa shape index (κ1) is 9.79. The van der Waals surface area contributed by atoms with Gasteiger partial charge in [-0.25, -0.2) is 0 Å². The average Bonchev–Trinajstić information content (AvgIpc) is 2.49. The largest absolute Gasteiger partial charge is 0.383 e. The van der Waals surface area contributed by atoms with Crippen LogP contribution < -0.4 is 16.4 Å². The molecule has 13 heavy (non-hydrogen) atoms. The topological polar surface area (TPSA) is 80.0 Å². The normalized spacial score (nSPS) is 12.2. The molecule has 0 aliphatic rings. The van der Waals surface area contributed by atoms with Gasteiger partial charge in [-0.15, -0.1) is 0 Å². The number of carbonyl (C=O) groups is 1. The number of hydrogen-bond donors (Lipinski definition) is 3. The van der Waals surface area contributed by atoms with Crippen LogP contribution in [-0.4, -0.2) is 23.4 Å². The number of anilines is 2. The zero-order valence-electron chi connectivity index (χ0n) is 7.50. The summed E-state index contributed by atoms with van der Waals surface area (Å²) in [6, 6.07) is 1.43. The van der Waals surface area contributed by atoms with Gasteiger partial charge in [-0.05, 0) is 18.5 Å². The highest BCUT2D eigenvalue weighted by molar-refractivity contribution is 7.10. The molecule has 6 heteroatoms. The molecular weight excluding hydrogens is 188 g/mol. The van der Waals surface area contributed by atoms with E-state index in [9.17, 15) is 4.79 Å². The Labute approximate surface area is 80.5 Å². The number of nitrogens with one attached hydrogen (secondary N) is 2. The minimum atomic E-state index is -0.273. The van der Waals surface area contributed by atoms with Crippen molar-refractivity contribution in [3.05, 3.63) is 6.07 Å². The lowest BCUT2D eigenvalue weighted by Gasteiger charge is -2.10. The summed E-state index contributed by atoms with van der Waals surface area (Å²) in [6.45, 7) is 1.77. The third kappa shape index (κ3) is 2.59. The van der Waals surface area contributed by atoms with Gasteiger partial charge in [-0.3, -0.25) is 4.79 Å². The molecule has 0 fully saturated rings. The highest BCUT2D eigenvalue weighted by Gasteiger charge is 2.11. The first-order chi connectivity index (χ1) is 6.13. The highest BCUT2D eigenvalue weighted by Crippen LogP contribution is 2.18. The first-order valence-electron chi connectivity index (χ1n) is 3.84. The van der Waals surface area contributed by atoms with Crippen molar-refractivity contribution in [2.24, 2.45) is 0 Å². The van der Waals surface area contributed by atoms with Crippen molar-refractivity contribution in [3.63, 3.8) is 0 Å². The SMILES string of the molecule is CNC(=O)C(C)Nc1cc(N)ns1. The van der Waals surface area contributed by atoms with Gasteiger partial charge in [0.25, 0.3) is 0 Å². The van der Waals surface area contributed by atoms with Crippen molar-refractivity contribution in [1.82, 2.24) is 9.69 Å². The van der Waals surface area contributed by atoms with E-state index in [1.165, 1.54) is 11.5 Å². The third-order valence-corrected chi connectivity index (χ3v) is 2.26. The molecule has 1 aromatic rings. The summed E-state index contributed by atoms with van der Waals surface area (Å²) in [5.74, 6) is 0.406. The number of aromatic nitrogens is 1. The maximum Gasteiger partial charge on any atom is 0.241 e. The van der Waals surface area contributed by atoms with Crippen LogP contribution in [0.5, 0.6) is 0 Å². The molecular formula is C7H12N4OS. The molecule has 1 unspecified atom stereocenters. The Morgan fingerprint density at radius 1 is 1.77 bits per heavy atom. The predicted octanol–water partition coefficient (Wildman–Crippen LogP) is 0.272. The fourth-order valence-electron chi connectivity index (χ4n) is 0.852. The average molecular weight is 200 g/mol. The van der Waals surface area contributed by atoms with Crippen molar-refractivity contribution >= 4 is 28.3 Å². The molecule has 1 heterocycles. The fourth-order valence-corrected chi connectivity index (χ4v) is 1.51. The zero-order chi connectivity index (χ0) is 9.84. The summed E-state index contributed by atoms with van der Waals surface area (Å²) >= 11 is 1.24. The van der Waals surface area contributed by atoms with E-state index in [0.717, 1.165) is 5.00 Å². The second-order valence-corrected chi connectivity index (χ2v) is 3.40. The van der Waals surface area contributed by atoms with E-state index in [0.29, 0.717) is 5.82 Å². The maximum absolute atomic E-state index is 11.1. The van der Waals surface area contributed by atoms with Gasteiger partial charge in [0.1, 0.15) is 16.9 Å². The van der Waals surface area contributed by atoms with Crippen LogP contribution in [0.15, 0.2) is 6.07 Å². The lowest BCUT2D eigenvalue weighted by molar-refractivity contribution is -0.121. The van der Waals surface area contributed by atoms with Crippen molar-refractivity contribution in [2.45, 2.75) is 13.0 Å². The van der Waals surface area contributed by atoms with E-state index in [4.69, 9.17) is 5.73 Å². The number of carbonyl (C=O) groups excluding carboxylic acids is 1. The Morgan fingerprint density at radius 3 is 2.92 bits per heavy atom. The number of nitrogens with zero attached hydrogens (tertiary/aromatic N) is 1. The van der Waals surface area contributed by atoms with Crippen molar-refractivity contribution < 1.29 is 4.79 Å². The Bertz CT molecular complexity index is 298. The molecule has 1 amide bonds. The monoisotopic (exact) mass is 200 g/mol. The number of amides is 1. The summed E-state index contributed by atoms with van der Waals surface area (Å²) in [4.78, 5) is 11.1. The molecule has 1 rings (SSSR count). The predicted molar refractivity (Wildman–Crippen MR) is 53.7 cm³/mol. The quantitative estimate of drug-likeness (QED) is 0.654. The van der Waals surface area contributed by atoms with Crippen molar-refractivity contribution in [1.29, 1.82) is 0 Å². The molecule has 1 aromatic heterocycles. The summed E-state index contributed by atoms with van der Waals surface area (Å²) in [6.07, 6.45) is 0. The maximum atomic E-state index is 11.1. The van der Waals surface area contributed by atoms with Crippen LogP contribution >= 0.6 is 11.5 Å². The molecule has 0 saturated carbocycles. The molecule has 0 spiro atoms. The van der Waals surface area contributed by atoms with Gasteiger partial charge in [0.05, 0.1) is 0 Å². The van der Waals surface area contributed by atoms with Crippen LogP contribution in [0, 0.1) is 0 Å². The van der Waals surface area contributed by atoms with Crippen molar-refractivity contribution in [2.75, 3.05) is 18.1 Å². The van der Waals surface area contributed by atoms with E-state index in [1.807, 2.05) is 0 Å². The van der Waals surface area contributed by atoms with Crippen LogP contribution in [0.3, 0.4) is 0 Å². The summed E-state index contributed by atoms with van der Waals surface area (Å²) < 4.78 is 3.88. The molecule has 5 nitrogen and oxygen atoms in total. The Balaban J connectivity index is 2.54. The molecule has 0 aliphatic carbocycles. The molecule has 0 saturated heterocycles. The highest BCUT2D eigenvalue weighted by atomic mass is 32.1. The van der Waals surface area contributed by atoms with E-state index in [2.05, 4.69) is 15.0 Å². The number of likely N-dealkylation sites (N-methyl/N-ethyl adjacent to an activating group) is 1. The number of nitrogens with two attached hydrogens (primary N) is 1. The molecule has 0 aromatic carbocycles. The number of rotatable bonds is 3. The van der Waals surface area contributed by atoms with E-state index < -0.39 is 0 Å².